The number of hydrogen-bond acceptors (Lipinski definition) is 0. The van der Waals surface area contributed by atoms with Crippen molar-refractivity contribution in [2.75, 3.05) is 19.6 Å². The van der Waals surface area contributed by atoms with Crippen LogP contribution in [0, 0.1) is 11.8 Å². The highest BCUT2D eigenvalue weighted by Crippen LogP contribution is 2.35. The van der Waals surface area contributed by atoms with E-state index < -0.39 is 0 Å². The molecule has 0 aliphatic carbocycles. The fourth-order valence-electron chi connectivity index (χ4n) is 4.12. The van der Waals surface area contributed by atoms with E-state index in [1.807, 2.05) is 0 Å². The van der Waals surface area contributed by atoms with Crippen molar-refractivity contribution >= 4 is 0 Å². The fourth-order valence-corrected chi connectivity index (χ4v) is 4.12. The first kappa shape index (κ1) is 12.4. The van der Waals surface area contributed by atoms with Crippen LogP contribution < -0.4 is 0 Å². The molecule has 0 amide bonds. The highest BCUT2D eigenvalue weighted by molar-refractivity contribution is 4.74. The summed E-state index contributed by atoms with van der Waals surface area (Å²) in [7, 11) is 0. The smallest absolute Gasteiger partial charge is 0.0890 e. The van der Waals surface area contributed by atoms with Crippen LogP contribution in [0.2, 0.25) is 0 Å². The maximum Gasteiger partial charge on any atom is 0.0890 e. The molecule has 0 saturated carbocycles. The van der Waals surface area contributed by atoms with Crippen LogP contribution in [-0.4, -0.2) is 30.2 Å². The molecule has 2 fully saturated rings. The average molecular weight is 224 g/mol. The monoisotopic (exact) mass is 224 g/mol. The molecule has 0 bridgehead atoms. The largest absolute Gasteiger partial charge is 0.321 e. The molecular formula is C15H30N+. The first-order valence-corrected chi connectivity index (χ1v) is 7.51. The van der Waals surface area contributed by atoms with E-state index in [0.29, 0.717) is 0 Å². The van der Waals surface area contributed by atoms with Crippen LogP contribution in [0.1, 0.15) is 59.3 Å². The Kier molecular flexibility index (Phi) is 3.94. The Hall–Kier alpha value is -0.0400. The van der Waals surface area contributed by atoms with E-state index in [-0.39, 0.29) is 0 Å². The van der Waals surface area contributed by atoms with Gasteiger partial charge in [0, 0.05) is 5.92 Å². The van der Waals surface area contributed by atoms with Gasteiger partial charge in [0.05, 0.1) is 25.7 Å². The highest BCUT2D eigenvalue weighted by Gasteiger charge is 2.40. The minimum atomic E-state index is 0.899. The van der Waals surface area contributed by atoms with Gasteiger partial charge in [-0.1, -0.05) is 13.8 Å². The summed E-state index contributed by atoms with van der Waals surface area (Å²) in [6.45, 7) is 11.9. The van der Waals surface area contributed by atoms with E-state index in [0.717, 1.165) is 17.9 Å². The van der Waals surface area contributed by atoms with E-state index in [2.05, 4.69) is 20.8 Å². The third kappa shape index (κ3) is 2.30. The molecule has 0 N–H and O–H groups in total. The number of quaternary nitrogens is 1. The Balaban J connectivity index is 2.16. The van der Waals surface area contributed by atoms with Gasteiger partial charge >= 0.3 is 0 Å². The van der Waals surface area contributed by atoms with Crippen LogP contribution >= 0.6 is 0 Å². The van der Waals surface area contributed by atoms with Crippen LogP contribution in [-0.2, 0) is 0 Å². The SMILES string of the molecule is CC1CCC[N+]2(CCCCCC2)C(C)C1C. The molecule has 2 rings (SSSR count). The molecule has 0 aromatic heterocycles. The van der Waals surface area contributed by atoms with Crippen molar-refractivity contribution in [3.05, 3.63) is 0 Å². The summed E-state index contributed by atoms with van der Waals surface area (Å²) in [6, 6.07) is 0.899. The van der Waals surface area contributed by atoms with Gasteiger partial charge in [-0.2, -0.15) is 0 Å². The van der Waals surface area contributed by atoms with Crippen molar-refractivity contribution in [3.8, 4) is 0 Å². The Bertz CT molecular complexity index is 215. The third-order valence-corrected chi connectivity index (χ3v) is 5.74. The zero-order valence-electron chi connectivity index (χ0n) is 11.5. The quantitative estimate of drug-likeness (QED) is 0.549. The average Bonchev–Trinajstić information content (AvgIpc) is 2.57. The second-order valence-corrected chi connectivity index (χ2v) is 6.52. The van der Waals surface area contributed by atoms with Gasteiger partial charge in [0.2, 0.25) is 0 Å². The number of rotatable bonds is 0. The van der Waals surface area contributed by atoms with Crippen LogP contribution in [0.15, 0.2) is 0 Å². The summed E-state index contributed by atoms with van der Waals surface area (Å²) in [6.07, 6.45) is 8.85. The van der Waals surface area contributed by atoms with Gasteiger partial charge in [-0.05, 0) is 51.4 Å². The lowest BCUT2D eigenvalue weighted by molar-refractivity contribution is -0.951. The van der Waals surface area contributed by atoms with E-state index in [4.69, 9.17) is 0 Å². The molecule has 3 atom stereocenters. The maximum atomic E-state index is 2.54. The predicted molar refractivity (Wildman–Crippen MR) is 70.4 cm³/mol. The van der Waals surface area contributed by atoms with Gasteiger partial charge in [-0.25, -0.2) is 0 Å². The molecule has 16 heavy (non-hydrogen) atoms. The molecule has 0 aromatic carbocycles. The summed E-state index contributed by atoms with van der Waals surface area (Å²) in [5.74, 6) is 1.86. The number of nitrogens with zero attached hydrogens (tertiary/aromatic N) is 1. The summed E-state index contributed by atoms with van der Waals surface area (Å²) in [4.78, 5) is 0. The van der Waals surface area contributed by atoms with Crippen molar-refractivity contribution in [1.29, 1.82) is 0 Å². The topological polar surface area (TPSA) is 0 Å². The van der Waals surface area contributed by atoms with E-state index in [9.17, 15) is 0 Å². The molecule has 2 aliphatic heterocycles. The lowest BCUT2D eigenvalue weighted by Gasteiger charge is -2.44. The minimum absolute atomic E-state index is 0.899. The molecule has 0 radical (unpaired) electrons. The summed E-state index contributed by atoms with van der Waals surface area (Å²) < 4.78 is 1.46. The summed E-state index contributed by atoms with van der Waals surface area (Å²) >= 11 is 0. The van der Waals surface area contributed by atoms with Crippen molar-refractivity contribution < 1.29 is 4.48 Å². The molecular weight excluding hydrogens is 194 g/mol. The van der Waals surface area contributed by atoms with Crippen LogP contribution in [0.3, 0.4) is 0 Å². The molecule has 2 saturated heterocycles. The minimum Gasteiger partial charge on any atom is -0.321 e. The molecule has 1 spiro atoms. The van der Waals surface area contributed by atoms with Gasteiger partial charge in [-0.3, -0.25) is 0 Å². The van der Waals surface area contributed by atoms with Gasteiger partial charge < -0.3 is 4.48 Å². The van der Waals surface area contributed by atoms with E-state index >= 15 is 0 Å². The normalized spacial score (nSPS) is 40.3. The highest BCUT2D eigenvalue weighted by atomic mass is 15.4. The number of hydrogen-bond donors (Lipinski definition) is 0. The van der Waals surface area contributed by atoms with Crippen molar-refractivity contribution in [3.63, 3.8) is 0 Å². The van der Waals surface area contributed by atoms with Crippen LogP contribution in [0.4, 0.5) is 0 Å². The summed E-state index contributed by atoms with van der Waals surface area (Å²) in [5, 5.41) is 0. The van der Waals surface area contributed by atoms with Gasteiger partial charge in [0.25, 0.3) is 0 Å². The molecule has 3 unspecified atom stereocenters. The molecule has 1 nitrogen and oxygen atoms in total. The molecule has 94 valence electrons. The Morgan fingerprint density at radius 1 is 0.750 bits per heavy atom. The van der Waals surface area contributed by atoms with E-state index in [1.165, 1.54) is 62.6 Å². The fraction of sp³-hybridized carbons (Fsp3) is 1.00. The molecule has 2 heterocycles. The van der Waals surface area contributed by atoms with Gasteiger partial charge in [0.15, 0.2) is 0 Å². The Labute approximate surface area is 102 Å². The molecule has 1 heteroatoms. The summed E-state index contributed by atoms with van der Waals surface area (Å²) in [5.41, 5.74) is 0. The van der Waals surface area contributed by atoms with Crippen LogP contribution in [0.25, 0.3) is 0 Å². The van der Waals surface area contributed by atoms with E-state index in [1.54, 1.807) is 0 Å². The van der Waals surface area contributed by atoms with Crippen LogP contribution in [0.5, 0.6) is 0 Å². The standard InChI is InChI=1S/C15H30N/c1-13-9-8-12-16(15(3)14(13)2)10-6-4-5-7-11-16/h13-15H,4-12H2,1-3H3/q+1. The first-order valence-electron chi connectivity index (χ1n) is 7.51. The molecule has 2 aliphatic rings. The second-order valence-electron chi connectivity index (χ2n) is 6.52. The van der Waals surface area contributed by atoms with Gasteiger partial charge in [-0.15, -0.1) is 0 Å². The van der Waals surface area contributed by atoms with Crippen molar-refractivity contribution in [1.82, 2.24) is 0 Å². The zero-order valence-corrected chi connectivity index (χ0v) is 11.5. The third-order valence-electron chi connectivity index (χ3n) is 5.74. The molecule has 0 aromatic rings. The zero-order chi connectivity index (χ0) is 11.6. The second kappa shape index (κ2) is 5.08. The first-order chi connectivity index (χ1) is 7.66. The maximum absolute atomic E-state index is 2.54. The van der Waals surface area contributed by atoms with Crippen molar-refractivity contribution in [2.24, 2.45) is 11.8 Å². The van der Waals surface area contributed by atoms with Crippen molar-refractivity contribution in [2.45, 2.75) is 65.3 Å². The predicted octanol–water partition coefficient (Wildman–Crippen LogP) is 3.83. The van der Waals surface area contributed by atoms with Gasteiger partial charge in [0.1, 0.15) is 0 Å². The Morgan fingerprint density at radius 3 is 1.94 bits per heavy atom. The Morgan fingerprint density at radius 2 is 1.31 bits per heavy atom. The lowest BCUT2D eigenvalue weighted by Crippen LogP contribution is -2.57. The lowest BCUT2D eigenvalue weighted by atomic mass is 9.87.